The number of aryl methyl sites for hydroxylation is 3. The van der Waals surface area contributed by atoms with Crippen molar-refractivity contribution in [1.82, 2.24) is 0 Å². The van der Waals surface area contributed by atoms with Gasteiger partial charge in [0, 0.05) is 6.04 Å². The minimum absolute atomic E-state index is 0.218. The molecule has 2 rings (SSSR count). The maximum atomic E-state index is 6.63. The van der Waals surface area contributed by atoms with Crippen molar-refractivity contribution >= 4 is 0 Å². The molecule has 0 aliphatic heterocycles. The zero-order valence-corrected chi connectivity index (χ0v) is 13.2. The van der Waals surface area contributed by atoms with E-state index in [0.29, 0.717) is 5.92 Å². The summed E-state index contributed by atoms with van der Waals surface area (Å²) in [6, 6.07) is 4.77. The topological polar surface area (TPSA) is 26.0 Å². The minimum atomic E-state index is 0.218. The molecule has 1 aromatic rings. The van der Waals surface area contributed by atoms with Crippen molar-refractivity contribution in [3.8, 4) is 0 Å². The third kappa shape index (κ3) is 3.02. The average Bonchev–Trinajstić information content (AvgIpc) is 2.31. The lowest BCUT2D eigenvalue weighted by Crippen LogP contribution is -2.30. The van der Waals surface area contributed by atoms with Gasteiger partial charge < -0.3 is 5.73 Å². The molecule has 1 aliphatic carbocycles. The quantitative estimate of drug-likeness (QED) is 0.819. The highest BCUT2D eigenvalue weighted by molar-refractivity contribution is 5.39. The highest BCUT2D eigenvalue weighted by Crippen LogP contribution is 2.40. The highest BCUT2D eigenvalue weighted by Gasteiger charge is 2.30. The van der Waals surface area contributed by atoms with Gasteiger partial charge in [-0.05, 0) is 68.1 Å². The molecule has 1 aliphatic rings. The Kier molecular flexibility index (Phi) is 4.35. The van der Waals surface area contributed by atoms with Crippen molar-refractivity contribution in [2.75, 3.05) is 0 Å². The zero-order valence-electron chi connectivity index (χ0n) is 13.2. The molecule has 0 saturated heterocycles. The van der Waals surface area contributed by atoms with Crippen molar-refractivity contribution in [3.63, 3.8) is 0 Å². The second-order valence-electron chi connectivity index (χ2n) is 6.87. The van der Waals surface area contributed by atoms with Crippen molar-refractivity contribution in [1.29, 1.82) is 0 Å². The van der Waals surface area contributed by atoms with E-state index in [2.05, 4.69) is 46.8 Å². The number of hydrogen-bond acceptors (Lipinski definition) is 1. The molecule has 0 bridgehead atoms. The van der Waals surface area contributed by atoms with Crippen molar-refractivity contribution in [2.24, 2.45) is 23.5 Å². The first-order valence-electron chi connectivity index (χ1n) is 7.73. The third-order valence-corrected chi connectivity index (χ3v) is 5.22. The van der Waals surface area contributed by atoms with Crippen LogP contribution in [0.1, 0.15) is 61.4 Å². The Bertz CT molecular complexity index is 426. The van der Waals surface area contributed by atoms with Crippen molar-refractivity contribution in [2.45, 2.75) is 59.9 Å². The predicted molar refractivity (Wildman–Crippen MR) is 83.3 cm³/mol. The van der Waals surface area contributed by atoms with Crippen LogP contribution in [0.15, 0.2) is 12.1 Å². The Morgan fingerprint density at radius 2 is 1.58 bits per heavy atom. The van der Waals surface area contributed by atoms with Crippen LogP contribution in [0.4, 0.5) is 0 Å². The van der Waals surface area contributed by atoms with E-state index in [4.69, 9.17) is 5.73 Å². The van der Waals surface area contributed by atoms with Gasteiger partial charge in [0.2, 0.25) is 0 Å². The molecule has 4 unspecified atom stereocenters. The van der Waals surface area contributed by atoms with E-state index >= 15 is 0 Å². The molecular weight excluding hydrogens is 230 g/mol. The normalized spacial score (nSPS) is 29.3. The summed E-state index contributed by atoms with van der Waals surface area (Å²) in [4.78, 5) is 0. The fraction of sp³-hybridized carbons (Fsp3) is 0.667. The number of rotatable bonds is 2. The van der Waals surface area contributed by atoms with Gasteiger partial charge in [-0.3, -0.25) is 0 Å². The average molecular weight is 259 g/mol. The van der Waals surface area contributed by atoms with Gasteiger partial charge in [0.05, 0.1) is 0 Å². The van der Waals surface area contributed by atoms with Crippen LogP contribution in [0.25, 0.3) is 0 Å². The molecule has 2 N–H and O–H groups in total. The summed E-state index contributed by atoms with van der Waals surface area (Å²) in [7, 11) is 0. The molecule has 1 nitrogen and oxygen atoms in total. The summed E-state index contributed by atoms with van der Waals surface area (Å²) in [5.74, 6) is 2.34. The molecule has 1 saturated carbocycles. The van der Waals surface area contributed by atoms with Crippen LogP contribution in [0.2, 0.25) is 0 Å². The third-order valence-electron chi connectivity index (χ3n) is 5.22. The molecular formula is C18H29N. The smallest absolute Gasteiger partial charge is 0.0328 e. The van der Waals surface area contributed by atoms with Crippen LogP contribution < -0.4 is 5.73 Å². The predicted octanol–water partition coefficient (Wildman–Crippen LogP) is 4.68. The van der Waals surface area contributed by atoms with Gasteiger partial charge >= 0.3 is 0 Å². The fourth-order valence-electron chi connectivity index (χ4n) is 3.87. The molecule has 106 valence electrons. The summed E-state index contributed by atoms with van der Waals surface area (Å²) in [6.07, 6.45) is 3.91. The Morgan fingerprint density at radius 3 is 2.11 bits per heavy atom. The second kappa shape index (κ2) is 5.66. The number of hydrogen-bond donors (Lipinski definition) is 1. The summed E-state index contributed by atoms with van der Waals surface area (Å²) in [5, 5.41) is 0. The Morgan fingerprint density at radius 1 is 1.00 bits per heavy atom. The van der Waals surface area contributed by atoms with E-state index in [1.165, 1.54) is 41.5 Å². The van der Waals surface area contributed by atoms with E-state index in [1.54, 1.807) is 0 Å². The van der Waals surface area contributed by atoms with Crippen LogP contribution in [0.5, 0.6) is 0 Å². The second-order valence-corrected chi connectivity index (χ2v) is 6.87. The van der Waals surface area contributed by atoms with Crippen LogP contribution in [0.3, 0.4) is 0 Å². The summed E-state index contributed by atoms with van der Waals surface area (Å²) in [5.41, 5.74) is 12.1. The molecule has 4 atom stereocenters. The number of nitrogens with two attached hydrogens (primary N) is 1. The lowest BCUT2D eigenvalue weighted by atomic mass is 9.71. The van der Waals surface area contributed by atoms with Crippen LogP contribution in [-0.4, -0.2) is 0 Å². The Labute approximate surface area is 118 Å². The van der Waals surface area contributed by atoms with Gasteiger partial charge in [0.25, 0.3) is 0 Å². The van der Waals surface area contributed by atoms with Gasteiger partial charge in [-0.15, -0.1) is 0 Å². The first kappa shape index (κ1) is 14.6. The van der Waals surface area contributed by atoms with Crippen LogP contribution in [-0.2, 0) is 0 Å². The van der Waals surface area contributed by atoms with Gasteiger partial charge in [-0.1, -0.05) is 38.0 Å². The van der Waals surface area contributed by atoms with E-state index in [1.807, 2.05) is 0 Å². The highest BCUT2D eigenvalue weighted by atomic mass is 14.7. The summed E-state index contributed by atoms with van der Waals surface area (Å²) >= 11 is 0. The summed E-state index contributed by atoms with van der Waals surface area (Å²) in [6.45, 7) is 11.4. The molecule has 1 fully saturated rings. The van der Waals surface area contributed by atoms with Crippen molar-refractivity contribution in [3.05, 3.63) is 34.4 Å². The van der Waals surface area contributed by atoms with Crippen molar-refractivity contribution < 1.29 is 0 Å². The molecule has 0 radical (unpaired) electrons. The molecule has 1 heteroatoms. The van der Waals surface area contributed by atoms with Gasteiger partial charge in [0.1, 0.15) is 0 Å². The number of benzene rings is 1. The standard InChI is InChI=1S/C18H29N/c1-11-8-14(4)17(15(5)9-11)18(19)16-7-6-12(2)13(3)10-16/h8-9,12-13,16,18H,6-7,10,19H2,1-5H3. The Hall–Kier alpha value is -0.820. The first-order valence-corrected chi connectivity index (χ1v) is 7.73. The van der Waals surface area contributed by atoms with E-state index in [-0.39, 0.29) is 6.04 Å². The molecule has 0 spiro atoms. The zero-order chi connectivity index (χ0) is 14.2. The van der Waals surface area contributed by atoms with E-state index < -0.39 is 0 Å². The fourth-order valence-corrected chi connectivity index (χ4v) is 3.87. The van der Waals surface area contributed by atoms with E-state index in [0.717, 1.165) is 11.8 Å². The largest absolute Gasteiger partial charge is 0.324 e. The molecule has 19 heavy (non-hydrogen) atoms. The molecule has 0 aromatic heterocycles. The first-order chi connectivity index (χ1) is 8.90. The summed E-state index contributed by atoms with van der Waals surface area (Å²) < 4.78 is 0. The van der Waals surface area contributed by atoms with Gasteiger partial charge in [-0.25, -0.2) is 0 Å². The lowest BCUT2D eigenvalue weighted by molar-refractivity contribution is 0.185. The monoisotopic (exact) mass is 259 g/mol. The molecule has 0 amide bonds. The molecule has 1 aromatic carbocycles. The van der Waals surface area contributed by atoms with Gasteiger partial charge in [-0.2, -0.15) is 0 Å². The maximum Gasteiger partial charge on any atom is 0.0328 e. The lowest BCUT2D eigenvalue weighted by Gasteiger charge is -2.36. The van der Waals surface area contributed by atoms with Crippen LogP contribution >= 0.6 is 0 Å². The van der Waals surface area contributed by atoms with E-state index in [9.17, 15) is 0 Å². The van der Waals surface area contributed by atoms with Crippen LogP contribution in [0, 0.1) is 38.5 Å². The van der Waals surface area contributed by atoms with Gasteiger partial charge in [0.15, 0.2) is 0 Å². The maximum absolute atomic E-state index is 6.63. The SMILES string of the molecule is Cc1cc(C)c(C(N)C2CCC(C)C(C)C2)c(C)c1. The Balaban J connectivity index is 2.23. The minimum Gasteiger partial charge on any atom is -0.324 e. The molecule has 0 heterocycles.